The van der Waals surface area contributed by atoms with Crippen molar-refractivity contribution in [3.05, 3.63) is 48.2 Å². The largest absolute Gasteiger partial charge is 0.495 e. The number of hydrogen-bond donors (Lipinski definition) is 1. The van der Waals surface area contributed by atoms with E-state index < -0.39 is 0 Å². The van der Waals surface area contributed by atoms with Gasteiger partial charge in [-0.1, -0.05) is 12.1 Å². The Kier molecular flexibility index (Phi) is 4.46. The molecular formula is C18H21N3O2. The summed E-state index contributed by atoms with van der Waals surface area (Å²) in [6, 6.07) is 12.1. The van der Waals surface area contributed by atoms with Crippen LogP contribution in [0.1, 0.15) is 23.7 Å². The summed E-state index contributed by atoms with van der Waals surface area (Å²) < 4.78 is 5.44. The van der Waals surface area contributed by atoms with Gasteiger partial charge in [0, 0.05) is 30.9 Å². The van der Waals surface area contributed by atoms with Crippen LogP contribution in [-0.2, 0) is 0 Å². The van der Waals surface area contributed by atoms with E-state index in [1.165, 1.54) is 0 Å². The minimum atomic E-state index is 0.0345. The molecule has 0 bridgehead atoms. The lowest BCUT2D eigenvalue weighted by molar-refractivity contribution is 0.101. The summed E-state index contributed by atoms with van der Waals surface area (Å²) in [4.78, 5) is 17.9. The van der Waals surface area contributed by atoms with Crippen molar-refractivity contribution in [3.63, 3.8) is 0 Å². The number of ketones is 1. The molecule has 120 valence electrons. The number of pyridine rings is 1. The lowest BCUT2D eigenvalue weighted by Crippen LogP contribution is -2.26. The highest BCUT2D eigenvalue weighted by Gasteiger charge is 2.24. The first-order valence-corrected chi connectivity index (χ1v) is 7.79. The molecule has 0 unspecified atom stereocenters. The van der Waals surface area contributed by atoms with Gasteiger partial charge >= 0.3 is 0 Å². The first kappa shape index (κ1) is 15.3. The van der Waals surface area contributed by atoms with Crippen LogP contribution in [0.5, 0.6) is 5.75 Å². The summed E-state index contributed by atoms with van der Waals surface area (Å²) in [6.45, 7) is 3.42. The normalized spacial score (nSPS) is 17.1. The minimum absolute atomic E-state index is 0.0345. The number of carbonyl (C=O) groups excluding carboxylic acids is 1. The van der Waals surface area contributed by atoms with Gasteiger partial charge in [-0.05, 0) is 37.6 Å². The Morgan fingerprint density at radius 2 is 2.13 bits per heavy atom. The van der Waals surface area contributed by atoms with Gasteiger partial charge in [0.1, 0.15) is 11.6 Å². The minimum Gasteiger partial charge on any atom is -0.495 e. The monoisotopic (exact) mass is 311 g/mol. The van der Waals surface area contributed by atoms with Crippen LogP contribution < -0.4 is 15.0 Å². The first-order valence-electron chi connectivity index (χ1n) is 7.79. The number of nitrogens with one attached hydrogen (secondary N) is 1. The molecule has 1 aliphatic heterocycles. The number of nitrogens with zero attached hydrogens (tertiary/aromatic N) is 2. The summed E-state index contributed by atoms with van der Waals surface area (Å²) in [5, 5.41) is 3.44. The van der Waals surface area contributed by atoms with Gasteiger partial charge in [-0.3, -0.25) is 4.79 Å². The van der Waals surface area contributed by atoms with Crippen LogP contribution in [0.15, 0.2) is 42.6 Å². The number of benzene rings is 1. The van der Waals surface area contributed by atoms with Crippen LogP contribution in [0.25, 0.3) is 0 Å². The summed E-state index contributed by atoms with van der Waals surface area (Å²) in [5.74, 6) is 1.74. The maximum absolute atomic E-state index is 11.3. The lowest BCUT2D eigenvalue weighted by Gasteiger charge is -2.21. The predicted molar refractivity (Wildman–Crippen MR) is 91.5 cm³/mol. The Hall–Kier alpha value is -2.56. The molecular weight excluding hydrogens is 290 g/mol. The fourth-order valence-corrected chi connectivity index (χ4v) is 2.88. The molecule has 0 aliphatic carbocycles. The molecule has 5 nitrogen and oxygen atoms in total. The van der Waals surface area contributed by atoms with Crippen LogP contribution in [0, 0.1) is 0 Å². The van der Waals surface area contributed by atoms with Gasteiger partial charge in [0.15, 0.2) is 5.78 Å². The van der Waals surface area contributed by atoms with Crippen LogP contribution in [0.4, 0.5) is 11.5 Å². The molecule has 1 aromatic carbocycles. The molecule has 1 fully saturated rings. The topological polar surface area (TPSA) is 54.5 Å². The Bertz CT molecular complexity index is 685. The SMILES string of the molecule is COc1ccccc1N1CC[C@H](Nc2ccc(C(C)=O)cn2)C1. The average molecular weight is 311 g/mol. The molecule has 1 aliphatic rings. The lowest BCUT2D eigenvalue weighted by atomic mass is 10.2. The zero-order valence-corrected chi connectivity index (χ0v) is 13.5. The number of carbonyl (C=O) groups is 1. The van der Waals surface area contributed by atoms with E-state index in [4.69, 9.17) is 4.74 Å². The summed E-state index contributed by atoms with van der Waals surface area (Å²) in [5.41, 5.74) is 1.76. The third-order valence-corrected chi connectivity index (χ3v) is 4.14. The number of Topliss-reactive ketones (excluding diaryl/α,β-unsaturated/α-hetero) is 1. The van der Waals surface area contributed by atoms with Crippen molar-refractivity contribution in [2.24, 2.45) is 0 Å². The molecule has 2 heterocycles. The molecule has 0 spiro atoms. The number of aromatic nitrogens is 1. The number of methoxy groups -OCH3 is 1. The first-order chi connectivity index (χ1) is 11.2. The average Bonchev–Trinajstić information content (AvgIpc) is 3.03. The second-order valence-corrected chi connectivity index (χ2v) is 5.74. The van der Waals surface area contributed by atoms with E-state index in [2.05, 4.69) is 21.3 Å². The molecule has 2 aromatic rings. The van der Waals surface area contributed by atoms with E-state index in [1.54, 1.807) is 20.2 Å². The number of para-hydroxylation sites is 2. The van der Waals surface area contributed by atoms with E-state index in [9.17, 15) is 4.79 Å². The number of hydrogen-bond acceptors (Lipinski definition) is 5. The van der Waals surface area contributed by atoms with Crippen molar-refractivity contribution in [3.8, 4) is 5.75 Å². The van der Waals surface area contributed by atoms with E-state index in [0.29, 0.717) is 11.6 Å². The van der Waals surface area contributed by atoms with Crippen molar-refractivity contribution >= 4 is 17.3 Å². The highest BCUT2D eigenvalue weighted by Crippen LogP contribution is 2.30. The summed E-state index contributed by atoms with van der Waals surface area (Å²) in [7, 11) is 1.70. The Balaban J connectivity index is 1.64. The molecule has 3 rings (SSSR count). The van der Waals surface area contributed by atoms with Crippen molar-refractivity contribution in [1.29, 1.82) is 0 Å². The van der Waals surface area contributed by atoms with Gasteiger partial charge in [0.25, 0.3) is 0 Å². The maximum atomic E-state index is 11.3. The number of rotatable bonds is 5. The van der Waals surface area contributed by atoms with Crippen molar-refractivity contribution in [2.45, 2.75) is 19.4 Å². The maximum Gasteiger partial charge on any atom is 0.161 e. The summed E-state index contributed by atoms with van der Waals surface area (Å²) in [6.07, 6.45) is 2.66. The zero-order chi connectivity index (χ0) is 16.2. The van der Waals surface area contributed by atoms with Gasteiger partial charge in [0.05, 0.1) is 12.8 Å². The standard InChI is InChI=1S/C18H21N3O2/c1-13(22)14-7-8-18(19-11-14)20-15-9-10-21(12-15)16-5-3-4-6-17(16)23-2/h3-8,11,15H,9-10,12H2,1-2H3,(H,19,20)/t15-/m0/s1. The quantitative estimate of drug-likeness (QED) is 0.860. The van der Waals surface area contributed by atoms with Crippen LogP contribution in [0.3, 0.4) is 0 Å². The van der Waals surface area contributed by atoms with Gasteiger partial charge in [-0.15, -0.1) is 0 Å². The highest BCUT2D eigenvalue weighted by molar-refractivity contribution is 5.93. The molecule has 1 atom stereocenters. The van der Waals surface area contributed by atoms with Crippen LogP contribution in [-0.4, -0.2) is 37.0 Å². The third-order valence-electron chi connectivity index (χ3n) is 4.14. The third kappa shape index (κ3) is 3.44. The van der Waals surface area contributed by atoms with Gasteiger partial charge in [-0.25, -0.2) is 4.98 Å². The Labute approximate surface area is 136 Å². The molecule has 5 heteroatoms. The predicted octanol–water partition coefficient (Wildman–Crippen LogP) is 2.98. The zero-order valence-electron chi connectivity index (χ0n) is 13.5. The smallest absolute Gasteiger partial charge is 0.161 e. The highest BCUT2D eigenvalue weighted by atomic mass is 16.5. The molecule has 0 radical (unpaired) electrons. The molecule has 23 heavy (non-hydrogen) atoms. The number of anilines is 2. The van der Waals surface area contributed by atoms with E-state index in [0.717, 1.165) is 36.8 Å². The molecule has 1 N–H and O–H groups in total. The van der Waals surface area contributed by atoms with E-state index in [1.807, 2.05) is 30.3 Å². The Morgan fingerprint density at radius 1 is 1.30 bits per heavy atom. The van der Waals surface area contributed by atoms with Crippen molar-refractivity contribution in [2.75, 3.05) is 30.4 Å². The molecule has 0 amide bonds. The van der Waals surface area contributed by atoms with Crippen LogP contribution in [0.2, 0.25) is 0 Å². The molecule has 1 saturated heterocycles. The van der Waals surface area contributed by atoms with Gasteiger partial charge < -0.3 is 15.0 Å². The van der Waals surface area contributed by atoms with Crippen molar-refractivity contribution < 1.29 is 9.53 Å². The second-order valence-electron chi connectivity index (χ2n) is 5.74. The van der Waals surface area contributed by atoms with Crippen LogP contribution >= 0.6 is 0 Å². The van der Waals surface area contributed by atoms with Gasteiger partial charge in [-0.2, -0.15) is 0 Å². The summed E-state index contributed by atoms with van der Waals surface area (Å²) >= 11 is 0. The second kappa shape index (κ2) is 6.69. The van der Waals surface area contributed by atoms with Gasteiger partial charge in [0.2, 0.25) is 0 Å². The molecule has 0 saturated carbocycles. The fourth-order valence-electron chi connectivity index (χ4n) is 2.88. The van der Waals surface area contributed by atoms with Crippen molar-refractivity contribution in [1.82, 2.24) is 4.98 Å². The molecule has 1 aromatic heterocycles. The van der Waals surface area contributed by atoms with E-state index in [-0.39, 0.29) is 5.78 Å². The fraction of sp³-hybridized carbons (Fsp3) is 0.333. The number of ether oxygens (including phenoxy) is 1. The van der Waals surface area contributed by atoms with E-state index >= 15 is 0 Å². The Morgan fingerprint density at radius 3 is 2.83 bits per heavy atom.